The van der Waals surface area contributed by atoms with Crippen molar-refractivity contribution in [1.82, 2.24) is 10.3 Å². The molecule has 2 heterocycles. The van der Waals surface area contributed by atoms with Gasteiger partial charge in [-0.3, -0.25) is 15.1 Å². The summed E-state index contributed by atoms with van der Waals surface area (Å²) in [5.41, 5.74) is 2.17. The van der Waals surface area contributed by atoms with E-state index < -0.39 is 0 Å². The van der Waals surface area contributed by atoms with Crippen LogP contribution in [0.2, 0.25) is 0 Å². The van der Waals surface area contributed by atoms with Crippen LogP contribution in [0.3, 0.4) is 0 Å². The summed E-state index contributed by atoms with van der Waals surface area (Å²) in [6, 6.07) is 1.59. The van der Waals surface area contributed by atoms with Gasteiger partial charge in [-0.15, -0.1) is 0 Å². The molecule has 0 radical (unpaired) electrons. The molecule has 1 aliphatic heterocycles. The summed E-state index contributed by atoms with van der Waals surface area (Å²) < 4.78 is 11.1. The zero-order valence-electron chi connectivity index (χ0n) is 11.8. The predicted octanol–water partition coefficient (Wildman–Crippen LogP) is -0.145. The number of carbonyl (C=O) groups excluding carboxylic acids is 1. The number of amides is 1. The molecule has 1 amide bonds. The smallest absolute Gasteiger partial charge is 0.268 e. The van der Waals surface area contributed by atoms with Gasteiger partial charge in [-0.1, -0.05) is 0 Å². The zero-order valence-corrected chi connectivity index (χ0v) is 11.8. The second-order valence-electron chi connectivity index (χ2n) is 5.58. The molecule has 1 saturated heterocycles. The molecule has 1 aliphatic rings. The first-order valence-electron chi connectivity index (χ1n) is 6.53. The molecule has 1 aromatic heterocycles. The average molecular weight is 283 g/mol. The molecule has 0 bridgehead atoms. The summed E-state index contributed by atoms with van der Waals surface area (Å²) in [7, 11) is 0. The van der Waals surface area contributed by atoms with Gasteiger partial charge >= 0.3 is 0 Å². The highest BCUT2D eigenvalue weighted by atomic mass is 16.5. The van der Waals surface area contributed by atoms with Crippen molar-refractivity contribution in [2.24, 2.45) is 5.84 Å². The van der Waals surface area contributed by atoms with E-state index >= 15 is 0 Å². The summed E-state index contributed by atoms with van der Waals surface area (Å²) in [5.74, 6) is 5.33. The van der Waals surface area contributed by atoms with Gasteiger partial charge in [-0.05, 0) is 19.9 Å². The van der Waals surface area contributed by atoms with E-state index in [0.717, 1.165) is 0 Å². The van der Waals surface area contributed by atoms with Crippen LogP contribution < -0.4 is 11.3 Å². The number of rotatable bonds is 4. The van der Waals surface area contributed by atoms with Gasteiger partial charge in [0.25, 0.3) is 5.91 Å². The number of nitrogens with one attached hydrogen (secondary N) is 1. The van der Waals surface area contributed by atoms with Crippen molar-refractivity contribution in [1.29, 1.82) is 0 Å². The number of aliphatic hydroxyl groups is 1. The maximum Gasteiger partial charge on any atom is 0.268 e. The van der Waals surface area contributed by atoms with Gasteiger partial charge < -0.3 is 14.3 Å². The standard InChI is InChI=1S/C13H21N3O4/c1-13(2)8-16(5-9(7-17)20-13)6-11-10(3-4-19-11)12(18)15-14/h3-4,9,17H,5-8,14H2,1-2H3,(H,15,18). The molecule has 2 rings (SSSR count). The molecule has 112 valence electrons. The minimum absolute atomic E-state index is 0.0335. The van der Waals surface area contributed by atoms with Crippen molar-refractivity contribution in [3.63, 3.8) is 0 Å². The summed E-state index contributed by atoms with van der Waals surface area (Å²) in [5, 5.41) is 9.29. The molecular formula is C13H21N3O4. The molecule has 1 unspecified atom stereocenters. The van der Waals surface area contributed by atoms with Gasteiger partial charge in [0, 0.05) is 13.1 Å². The Morgan fingerprint density at radius 2 is 2.40 bits per heavy atom. The molecule has 1 atom stereocenters. The van der Waals surface area contributed by atoms with Crippen molar-refractivity contribution in [3.05, 3.63) is 23.7 Å². The number of hydrogen-bond donors (Lipinski definition) is 3. The van der Waals surface area contributed by atoms with Gasteiger partial charge in [0.1, 0.15) is 5.76 Å². The number of furan rings is 1. The van der Waals surface area contributed by atoms with E-state index in [1.54, 1.807) is 6.07 Å². The Morgan fingerprint density at radius 3 is 3.05 bits per heavy atom. The monoisotopic (exact) mass is 283 g/mol. The fraction of sp³-hybridized carbons (Fsp3) is 0.615. The quantitative estimate of drug-likeness (QED) is 0.404. The molecular weight excluding hydrogens is 262 g/mol. The largest absolute Gasteiger partial charge is 0.467 e. The first kappa shape index (κ1) is 15.0. The lowest BCUT2D eigenvalue weighted by Gasteiger charge is -2.42. The number of aliphatic hydroxyl groups excluding tert-OH is 1. The minimum atomic E-state index is -0.375. The third kappa shape index (κ3) is 3.37. The number of nitrogens with two attached hydrogens (primary N) is 1. The highest BCUT2D eigenvalue weighted by Gasteiger charge is 2.33. The molecule has 0 aliphatic carbocycles. The van der Waals surface area contributed by atoms with Crippen LogP contribution in [0.1, 0.15) is 30.0 Å². The third-order valence-electron chi connectivity index (χ3n) is 3.24. The maximum atomic E-state index is 11.6. The van der Waals surface area contributed by atoms with Gasteiger partial charge in [0.15, 0.2) is 0 Å². The van der Waals surface area contributed by atoms with Crippen LogP contribution in [-0.2, 0) is 11.3 Å². The van der Waals surface area contributed by atoms with E-state index in [-0.39, 0.29) is 24.2 Å². The van der Waals surface area contributed by atoms with Crippen LogP contribution >= 0.6 is 0 Å². The number of ether oxygens (including phenoxy) is 1. The second-order valence-corrected chi connectivity index (χ2v) is 5.58. The number of nitrogen functional groups attached to an aromatic ring is 1. The Bertz CT molecular complexity index is 472. The van der Waals surface area contributed by atoms with Crippen LogP contribution in [-0.4, -0.2) is 47.3 Å². The molecule has 7 nitrogen and oxygen atoms in total. The van der Waals surface area contributed by atoms with E-state index in [2.05, 4.69) is 10.3 Å². The summed E-state index contributed by atoms with van der Waals surface area (Å²) in [6.45, 7) is 5.65. The lowest BCUT2D eigenvalue weighted by molar-refractivity contribution is -0.151. The van der Waals surface area contributed by atoms with Crippen LogP contribution in [0.5, 0.6) is 0 Å². The predicted molar refractivity (Wildman–Crippen MR) is 71.7 cm³/mol. The zero-order chi connectivity index (χ0) is 14.8. The van der Waals surface area contributed by atoms with Crippen molar-refractivity contribution in [2.45, 2.75) is 32.1 Å². The molecule has 7 heteroatoms. The number of hydrogen-bond acceptors (Lipinski definition) is 6. The van der Waals surface area contributed by atoms with Crippen LogP contribution in [0, 0.1) is 0 Å². The van der Waals surface area contributed by atoms with Crippen molar-refractivity contribution in [2.75, 3.05) is 19.7 Å². The Kier molecular flexibility index (Phi) is 4.44. The number of hydrazine groups is 1. The summed E-state index contributed by atoms with van der Waals surface area (Å²) >= 11 is 0. The average Bonchev–Trinajstić information content (AvgIpc) is 2.84. The molecule has 0 spiro atoms. The molecule has 20 heavy (non-hydrogen) atoms. The van der Waals surface area contributed by atoms with Gasteiger partial charge in [0.2, 0.25) is 0 Å². The van der Waals surface area contributed by atoms with Crippen molar-refractivity contribution < 1.29 is 19.1 Å². The second kappa shape index (κ2) is 5.92. The Balaban J connectivity index is 2.09. The molecule has 4 N–H and O–H groups in total. The maximum absolute atomic E-state index is 11.6. The van der Waals surface area contributed by atoms with Crippen molar-refractivity contribution >= 4 is 5.91 Å². The lowest BCUT2D eigenvalue weighted by atomic mass is 10.0. The van der Waals surface area contributed by atoms with Crippen LogP contribution in [0.15, 0.2) is 16.7 Å². The summed E-state index contributed by atoms with van der Waals surface area (Å²) in [6.07, 6.45) is 1.23. The van der Waals surface area contributed by atoms with Gasteiger partial charge in [-0.2, -0.15) is 0 Å². The Labute approximate surface area is 117 Å². The van der Waals surface area contributed by atoms with E-state index in [1.807, 2.05) is 13.8 Å². The topological polar surface area (TPSA) is 101 Å². The number of nitrogens with zero attached hydrogens (tertiary/aromatic N) is 1. The molecule has 1 fully saturated rings. The van der Waals surface area contributed by atoms with Gasteiger partial charge in [0.05, 0.1) is 36.7 Å². The first-order valence-corrected chi connectivity index (χ1v) is 6.53. The van der Waals surface area contributed by atoms with Crippen molar-refractivity contribution in [3.8, 4) is 0 Å². The van der Waals surface area contributed by atoms with Crippen LogP contribution in [0.25, 0.3) is 0 Å². The Morgan fingerprint density at radius 1 is 1.65 bits per heavy atom. The Hall–Kier alpha value is -1.41. The number of morpholine rings is 1. The van der Waals surface area contributed by atoms with E-state index in [4.69, 9.17) is 15.0 Å². The number of carbonyl (C=O) groups is 1. The molecule has 0 saturated carbocycles. The first-order chi connectivity index (χ1) is 9.45. The normalized spacial score (nSPS) is 22.7. The fourth-order valence-corrected chi connectivity index (χ4v) is 2.58. The third-order valence-corrected chi connectivity index (χ3v) is 3.24. The molecule has 0 aromatic carbocycles. The minimum Gasteiger partial charge on any atom is -0.467 e. The summed E-state index contributed by atoms with van der Waals surface area (Å²) in [4.78, 5) is 13.7. The van der Waals surface area contributed by atoms with E-state index in [9.17, 15) is 9.90 Å². The highest BCUT2D eigenvalue weighted by molar-refractivity contribution is 5.94. The van der Waals surface area contributed by atoms with Gasteiger partial charge in [-0.25, -0.2) is 5.84 Å². The highest BCUT2D eigenvalue weighted by Crippen LogP contribution is 2.23. The van der Waals surface area contributed by atoms with Crippen LogP contribution in [0.4, 0.5) is 0 Å². The van der Waals surface area contributed by atoms with E-state index in [1.165, 1.54) is 6.26 Å². The van der Waals surface area contributed by atoms with E-state index in [0.29, 0.717) is 31.0 Å². The SMILES string of the molecule is CC1(C)CN(Cc2occc2C(=O)NN)CC(CO)O1. The molecule has 1 aromatic rings. The fourth-order valence-electron chi connectivity index (χ4n) is 2.58. The lowest BCUT2D eigenvalue weighted by Crippen LogP contribution is -2.53.